The number of rotatable bonds is 9. The number of para-hydroxylation sites is 2. The van der Waals surface area contributed by atoms with Crippen LogP contribution in [0.3, 0.4) is 0 Å². The molecule has 0 bridgehead atoms. The second-order valence-electron chi connectivity index (χ2n) is 5.84. The third kappa shape index (κ3) is 4.97. The summed E-state index contributed by atoms with van der Waals surface area (Å²) in [5.41, 5.74) is 1.10. The first kappa shape index (κ1) is 19.6. The molecule has 0 fully saturated rings. The molecule has 3 nitrogen and oxygen atoms in total. The number of nitrogens with zero attached hydrogens (tertiary/aromatic N) is 1. The van der Waals surface area contributed by atoms with Gasteiger partial charge in [0.2, 0.25) is 0 Å². The van der Waals surface area contributed by atoms with Crippen LogP contribution in [0.1, 0.15) is 6.92 Å². The van der Waals surface area contributed by atoms with E-state index in [1.54, 1.807) is 36.4 Å². The summed E-state index contributed by atoms with van der Waals surface area (Å²) in [6.07, 6.45) is 0. The van der Waals surface area contributed by atoms with Crippen molar-refractivity contribution in [2.45, 2.75) is 17.3 Å². The first-order valence-corrected chi connectivity index (χ1v) is 12.7. The predicted octanol–water partition coefficient (Wildman–Crippen LogP) is 5.14. The molecule has 1 aromatic heterocycles. The fraction of sp³-hybridized carbons (Fsp3) is 0.316. The van der Waals surface area contributed by atoms with Crippen molar-refractivity contribution >= 4 is 57.8 Å². The molecule has 2 radical (unpaired) electrons. The van der Waals surface area contributed by atoms with Crippen LogP contribution in [-0.4, -0.2) is 34.5 Å². The van der Waals surface area contributed by atoms with Crippen molar-refractivity contribution in [3.8, 4) is 11.5 Å². The third-order valence-corrected chi connectivity index (χ3v) is 9.42. The Kier molecular flexibility index (Phi) is 7.30. The van der Waals surface area contributed by atoms with Gasteiger partial charge in [0.15, 0.2) is 15.8 Å². The molecule has 0 spiro atoms. The molecule has 1 unspecified atom stereocenters. The minimum Gasteiger partial charge on any atom is -0.493 e. The van der Waals surface area contributed by atoms with Gasteiger partial charge in [-0.2, -0.15) is 0 Å². The monoisotopic (exact) mass is 419 g/mol. The number of ether oxygens (including phenoxy) is 2. The summed E-state index contributed by atoms with van der Waals surface area (Å²) in [6.45, 7) is 2.31. The second-order valence-corrected chi connectivity index (χ2v) is 10.8. The third-order valence-electron chi connectivity index (χ3n) is 3.80. The lowest BCUT2D eigenvalue weighted by atomic mass is 10.3. The number of methoxy groups -OCH3 is 2. The molecule has 3 aromatic rings. The minimum absolute atomic E-state index is 0.635. The number of aromatic nitrogens is 1. The van der Waals surface area contributed by atoms with E-state index in [1.165, 1.54) is 9.89 Å². The molecule has 0 amide bonds. The van der Waals surface area contributed by atoms with Gasteiger partial charge in [-0.3, -0.25) is 0 Å². The summed E-state index contributed by atoms with van der Waals surface area (Å²) in [5, 5.41) is 1.24. The Bertz CT molecular complexity index is 823. The second kappa shape index (κ2) is 9.69. The van der Waals surface area contributed by atoms with E-state index < -0.39 is 0 Å². The molecule has 0 saturated heterocycles. The van der Waals surface area contributed by atoms with Crippen LogP contribution in [0.15, 0.2) is 46.8 Å². The lowest BCUT2D eigenvalue weighted by molar-refractivity contribution is 0.357. The van der Waals surface area contributed by atoms with Crippen molar-refractivity contribution < 1.29 is 9.47 Å². The lowest BCUT2D eigenvalue weighted by Crippen LogP contribution is -2.19. The van der Waals surface area contributed by atoms with Crippen LogP contribution in [0.2, 0.25) is 6.04 Å². The largest absolute Gasteiger partial charge is 0.493 e. The molecule has 0 aliphatic rings. The minimum atomic E-state index is 0.635. The summed E-state index contributed by atoms with van der Waals surface area (Å²) < 4.78 is 13.3. The van der Waals surface area contributed by atoms with E-state index in [4.69, 9.17) is 9.47 Å². The van der Waals surface area contributed by atoms with Gasteiger partial charge >= 0.3 is 0 Å². The number of fused-ring (bicyclic) bond motifs is 1. The summed E-state index contributed by atoms with van der Waals surface area (Å²) in [5.74, 6) is 3.43. The van der Waals surface area contributed by atoms with Gasteiger partial charge < -0.3 is 9.47 Å². The van der Waals surface area contributed by atoms with Crippen molar-refractivity contribution in [1.82, 2.24) is 4.98 Å². The van der Waals surface area contributed by atoms with E-state index in [1.807, 2.05) is 29.0 Å². The Morgan fingerprint density at radius 2 is 1.96 bits per heavy atom. The van der Waals surface area contributed by atoms with E-state index >= 15 is 0 Å². The van der Waals surface area contributed by atoms with Crippen LogP contribution in [0, 0.1) is 5.92 Å². The van der Waals surface area contributed by atoms with Gasteiger partial charge in [0.1, 0.15) is 0 Å². The van der Waals surface area contributed by atoms with Crippen LogP contribution in [0.25, 0.3) is 10.2 Å². The summed E-state index contributed by atoms with van der Waals surface area (Å²) in [6, 6.07) is 15.6. The first-order chi connectivity index (χ1) is 12.7. The zero-order valence-corrected chi connectivity index (χ0v) is 18.5. The van der Waals surface area contributed by atoms with Crippen LogP contribution >= 0.6 is 32.9 Å². The highest BCUT2D eigenvalue weighted by Gasteiger charge is 2.12. The van der Waals surface area contributed by atoms with Crippen LogP contribution in [0.4, 0.5) is 0 Å². The average molecular weight is 420 g/mol. The van der Waals surface area contributed by atoms with Crippen molar-refractivity contribution in [3.63, 3.8) is 0 Å². The molecule has 1 atom stereocenters. The van der Waals surface area contributed by atoms with Crippen molar-refractivity contribution in [2.24, 2.45) is 5.92 Å². The van der Waals surface area contributed by atoms with E-state index in [0.717, 1.165) is 42.7 Å². The summed E-state index contributed by atoms with van der Waals surface area (Å²) >= 11 is 1.77. The summed E-state index contributed by atoms with van der Waals surface area (Å²) in [7, 11) is 7.80. The zero-order valence-electron chi connectivity index (χ0n) is 15.0. The van der Waals surface area contributed by atoms with E-state index in [-0.39, 0.29) is 0 Å². The van der Waals surface area contributed by atoms with Crippen LogP contribution in [0.5, 0.6) is 11.5 Å². The van der Waals surface area contributed by atoms with Gasteiger partial charge in [-0.25, -0.2) is 4.98 Å². The molecular weight excluding hydrogens is 399 g/mol. The molecule has 0 N–H and O–H groups in total. The molecule has 26 heavy (non-hydrogen) atoms. The lowest BCUT2D eigenvalue weighted by Gasteiger charge is -2.14. The van der Waals surface area contributed by atoms with E-state index in [0.29, 0.717) is 5.92 Å². The highest BCUT2D eigenvalue weighted by Crippen LogP contribution is 2.37. The van der Waals surface area contributed by atoms with Crippen LogP contribution in [-0.2, 0) is 0 Å². The Morgan fingerprint density at radius 1 is 1.12 bits per heavy atom. The standard InChI is InChI=1S/C19H21NO2S3Si/c1-13(12-26-17-10-6-8-15(21-2)18(17)22-3)11-23-25-19-20-14-7-4-5-9-16(14)24-19/h4-10,13H,11-12H2,1-3H3. The highest BCUT2D eigenvalue weighted by molar-refractivity contribution is 8.77. The van der Waals surface area contributed by atoms with Crippen LogP contribution < -0.4 is 14.7 Å². The van der Waals surface area contributed by atoms with Gasteiger partial charge in [-0.15, -0.1) is 11.3 Å². The molecule has 1 heterocycles. The van der Waals surface area contributed by atoms with E-state index in [9.17, 15) is 0 Å². The molecule has 7 heteroatoms. The Balaban J connectivity index is 1.48. The van der Waals surface area contributed by atoms with Gasteiger partial charge in [-0.1, -0.05) is 48.0 Å². The number of benzene rings is 2. The molecule has 0 saturated carbocycles. The predicted molar refractivity (Wildman–Crippen MR) is 117 cm³/mol. The number of hydrogen-bond acceptors (Lipinski definition) is 6. The van der Waals surface area contributed by atoms with E-state index in [2.05, 4.69) is 36.2 Å². The fourth-order valence-corrected chi connectivity index (χ4v) is 7.79. The van der Waals surface area contributed by atoms with Gasteiger partial charge in [0.05, 0.1) is 34.0 Å². The van der Waals surface area contributed by atoms with Gasteiger partial charge in [0.25, 0.3) is 0 Å². The fourth-order valence-electron chi connectivity index (χ4n) is 2.46. The normalized spacial score (nSPS) is 12.3. The molecule has 2 aromatic carbocycles. The molecule has 3 rings (SSSR count). The quantitative estimate of drug-likeness (QED) is 0.354. The number of thiazole rings is 1. The van der Waals surface area contributed by atoms with Crippen molar-refractivity contribution in [3.05, 3.63) is 42.5 Å². The number of hydrogen-bond donors (Lipinski definition) is 0. The Morgan fingerprint density at radius 3 is 2.73 bits per heavy atom. The molecular formula is C19H21NO2S3Si. The molecule has 136 valence electrons. The van der Waals surface area contributed by atoms with Gasteiger partial charge in [0, 0.05) is 5.75 Å². The smallest absolute Gasteiger partial charge is 0.161 e. The first-order valence-electron chi connectivity index (χ1n) is 8.31. The topological polar surface area (TPSA) is 31.4 Å². The van der Waals surface area contributed by atoms with Crippen molar-refractivity contribution in [2.75, 3.05) is 20.0 Å². The average Bonchev–Trinajstić information content (AvgIpc) is 3.08. The van der Waals surface area contributed by atoms with Crippen molar-refractivity contribution in [1.29, 1.82) is 0 Å². The maximum absolute atomic E-state index is 5.53. The maximum atomic E-state index is 5.53. The zero-order chi connectivity index (χ0) is 18.4. The SMILES string of the molecule is COc1cccc([Si]CC(C)CSSc2nc3ccccc3s2)c1OC. The molecule has 0 aliphatic carbocycles. The highest BCUT2D eigenvalue weighted by atomic mass is 33.1. The van der Waals surface area contributed by atoms with Gasteiger partial charge in [-0.05, 0) is 40.1 Å². The maximum Gasteiger partial charge on any atom is 0.161 e. The molecule has 0 aliphatic heterocycles. The Hall–Kier alpha value is -1.15. The summed E-state index contributed by atoms with van der Waals surface area (Å²) in [4.78, 5) is 4.68. The Labute approximate surface area is 169 Å².